The quantitative estimate of drug-likeness (QED) is 0.814. The molecule has 1 fully saturated rings. The van der Waals surface area contributed by atoms with Crippen molar-refractivity contribution in [3.05, 3.63) is 42.7 Å². The molecule has 3 heteroatoms. The highest BCUT2D eigenvalue weighted by Gasteiger charge is 2.13. The predicted molar refractivity (Wildman–Crippen MR) is 82.5 cm³/mol. The molecule has 1 aliphatic carbocycles. The second kappa shape index (κ2) is 6.71. The SMILES string of the molecule is c1ccc(-c2nccn2CCCNC2CCCC2)cc1. The van der Waals surface area contributed by atoms with E-state index >= 15 is 0 Å². The fraction of sp³-hybridized carbons (Fsp3) is 0.471. The van der Waals surface area contributed by atoms with Crippen molar-refractivity contribution in [2.24, 2.45) is 0 Å². The lowest BCUT2D eigenvalue weighted by Gasteiger charge is -2.12. The number of nitrogens with zero attached hydrogens (tertiary/aromatic N) is 2. The van der Waals surface area contributed by atoms with E-state index in [1.54, 1.807) is 0 Å². The van der Waals surface area contributed by atoms with E-state index in [0.29, 0.717) is 0 Å². The summed E-state index contributed by atoms with van der Waals surface area (Å²) in [6, 6.07) is 11.2. The second-order valence-corrected chi connectivity index (χ2v) is 5.60. The average Bonchev–Trinajstić information content (AvgIpc) is 3.16. The lowest BCUT2D eigenvalue weighted by atomic mass is 10.2. The lowest BCUT2D eigenvalue weighted by molar-refractivity contribution is 0.496. The predicted octanol–water partition coefficient (Wildman–Crippen LogP) is 3.47. The van der Waals surface area contributed by atoms with Crippen molar-refractivity contribution in [1.29, 1.82) is 0 Å². The second-order valence-electron chi connectivity index (χ2n) is 5.60. The van der Waals surface area contributed by atoms with Crippen LogP contribution in [0, 0.1) is 0 Å². The lowest BCUT2D eigenvalue weighted by Crippen LogP contribution is -2.27. The molecule has 0 bridgehead atoms. The number of nitrogens with one attached hydrogen (secondary N) is 1. The van der Waals surface area contributed by atoms with E-state index < -0.39 is 0 Å². The van der Waals surface area contributed by atoms with Gasteiger partial charge in [-0.05, 0) is 25.8 Å². The smallest absolute Gasteiger partial charge is 0.139 e. The number of rotatable bonds is 6. The van der Waals surface area contributed by atoms with Crippen LogP contribution >= 0.6 is 0 Å². The third kappa shape index (κ3) is 3.28. The fourth-order valence-corrected chi connectivity index (χ4v) is 3.02. The molecule has 0 saturated heterocycles. The molecule has 1 heterocycles. The number of hydrogen-bond donors (Lipinski definition) is 1. The molecule has 2 aromatic rings. The van der Waals surface area contributed by atoms with Crippen LogP contribution in [0.5, 0.6) is 0 Å². The normalized spacial score (nSPS) is 15.8. The van der Waals surface area contributed by atoms with Gasteiger partial charge in [0.15, 0.2) is 0 Å². The summed E-state index contributed by atoms with van der Waals surface area (Å²) in [5.74, 6) is 1.08. The maximum Gasteiger partial charge on any atom is 0.139 e. The van der Waals surface area contributed by atoms with E-state index in [2.05, 4.69) is 45.3 Å². The van der Waals surface area contributed by atoms with Crippen LogP contribution < -0.4 is 5.32 Å². The molecule has 3 nitrogen and oxygen atoms in total. The van der Waals surface area contributed by atoms with Gasteiger partial charge in [-0.25, -0.2) is 4.98 Å². The standard InChI is InChI=1S/C17H23N3/c1-2-7-15(8-3-1)17-19-12-14-20(17)13-6-11-18-16-9-4-5-10-16/h1-3,7-8,12,14,16,18H,4-6,9-11,13H2. The Hall–Kier alpha value is -1.61. The number of aromatic nitrogens is 2. The van der Waals surface area contributed by atoms with Crippen LogP contribution in [0.4, 0.5) is 0 Å². The molecule has 20 heavy (non-hydrogen) atoms. The van der Waals surface area contributed by atoms with Crippen molar-refractivity contribution >= 4 is 0 Å². The molecule has 0 aliphatic heterocycles. The van der Waals surface area contributed by atoms with Gasteiger partial charge in [0.05, 0.1) is 0 Å². The summed E-state index contributed by atoms with van der Waals surface area (Å²) in [5, 5.41) is 3.67. The first-order chi connectivity index (χ1) is 9.93. The minimum absolute atomic E-state index is 0.770. The average molecular weight is 269 g/mol. The molecule has 3 rings (SSSR count). The molecule has 1 aromatic carbocycles. The summed E-state index contributed by atoms with van der Waals surface area (Å²) >= 11 is 0. The van der Waals surface area contributed by atoms with Crippen molar-refractivity contribution in [3.8, 4) is 11.4 Å². The molecule has 0 unspecified atom stereocenters. The monoisotopic (exact) mass is 269 g/mol. The summed E-state index contributed by atoms with van der Waals surface area (Å²) < 4.78 is 2.26. The number of hydrogen-bond acceptors (Lipinski definition) is 2. The summed E-state index contributed by atoms with van der Waals surface area (Å²) in [5.41, 5.74) is 1.20. The fourth-order valence-electron chi connectivity index (χ4n) is 3.02. The van der Waals surface area contributed by atoms with Crippen LogP contribution in [0.1, 0.15) is 32.1 Å². The highest BCUT2D eigenvalue weighted by molar-refractivity contribution is 5.54. The van der Waals surface area contributed by atoms with Crippen LogP contribution in [-0.2, 0) is 6.54 Å². The van der Waals surface area contributed by atoms with Crippen LogP contribution in [0.3, 0.4) is 0 Å². The Kier molecular flexibility index (Phi) is 4.49. The van der Waals surface area contributed by atoms with Crippen LogP contribution in [0.15, 0.2) is 42.7 Å². The molecule has 1 aromatic heterocycles. The molecule has 1 aliphatic rings. The molecular formula is C17H23N3. The first kappa shape index (κ1) is 13.4. The summed E-state index contributed by atoms with van der Waals surface area (Å²) in [6.07, 6.45) is 10.7. The molecule has 0 amide bonds. The Morgan fingerprint density at radius 1 is 1.15 bits per heavy atom. The van der Waals surface area contributed by atoms with Gasteiger partial charge in [0, 0.05) is 30.5 Å². The van der Waals surface area contributed by atoms with Crippen molar-refractivity contribution in [3.63, 3.8) is 0 Å². The van der Waals surface area contributed by atoms with Crippen LogP contribution in [-0.4, -0.2) is 22.1 Å². The van der Waals surface area contributed by atoms with Gasteiger partial charge in [0.2, 0.25) is 0 Å². The van der Waals surface area contributed by atoms with Gasteiger partial charge in [-0.3, -0.25) is 0 Å². The third-order valence-corrected chi connectivity index (χ3v) is 4.11. The van der Waals surface area contributed by atoms with Gasteiger partial charge in [-0.2, -0.15) is 0 Å². The number of imidazole rings is 1. The zero-order chi connectivity index (χ0) is 13.6. The number of benzene rings is 1. The van der Waals surface area contributed by atoms with E-state index in [1.807, 2.05) is 12.3 Å². The van der Waals surface area contributed by atoms with Gasteiger partial charge < -0.3 is 9.88 Å². The molecule has 0 atom stereocenters. The molecule has 106 valence electrons. The highest BCUT2D eigenvalue weighted by Crippen LogP contribution is 2.18. The van der Waals surface area contributed by atoms with E-state index in [4.69, 9.17) is 0 Å². The molecular weight excluding hydrogens is 246 g/mol. The van der Waals surface area contributed by atoms with E-state index in [9.17, 15) is 0 Å². The van der Waals surface area contributed by atoms with Gasteiger partial charge in [-0.15, -0.1) is 0 Å². The Morgan fingerprint density at radius 3 is 2.75 bits per heavy atom. The van der Waals surface area contributed by atoms with Crippen molar-refractivity contribution in [2.75, 3.05) is 6.54 Å². The zero-order valence-corrected chi connectivity index (χ0v) is 12.0. The van der Waals surface area contributed by atoms with Gasteiger partial charge in [0.1, 0.15) is 5.82 Å². The topological polar surface area (TPSA) is 29.9 Å². The Morgan fingerprint density at radius 2 is 1.95 bits per heavy atom. The van der Waals surface area contributed by atoms with Crippen molar-refractivity contribution in [2.45, 2.75) is 44.7 Å². The van der Waals surface area contributed by atoms with Crippen molar-refractivity contribution in [1.82, 2.24) is 14.9 Å². The minimum atomic E-state index is 0.770. The maximum absolute atomic E-state index is 4.49. The third-order valence-electron chi connectivity index (χ3n) is 4.11. The zero-order valence-electron chi connectivity index (χ0n) is 12.0. The van der Waals surface area contributed by atoms with Crippen molar-refractivity contribution < 1.29 is 0 Å². The first-order valence-corrected chi connectivity index (χ1v) is 7.73. The summed E-state index contributed by atoms with van der Waals surface area (Å²) in [4.78, 5) is 4.49. The molecule has 0 radical (unpaired) electrons. The highest BCUT2D eigenvalue weighted by atomic mass is 15.1. The van der Waals surface area contributed by atoms with E-state index in [0.717, 1.165) is 31.4 Å². The molecule has 1 N–H and O–H groups in total. The Balaban J connectivity index is 1.52. The minimum Gasteiger partial charge on any atom is -0.331 e. The Bertz CT molecular complexity index is 512. The van der Waals surface area contributed by atoms with E-state index in [1.165, 1.54) is 31.2 Å². The largest absolute Gasteiger partial charge is 0.331 e. The molecule has 1 saturated carbocycles. The number of aryl methyl sites for hydroxylation is 1. The Labute approximate surface area is 121 Å². The van der Waals surface area contributed by atoms with E-state index in [-0.39, 0.29) is 0 Å². The maximum atomic E-state index is 4.49. The van der Waals surface area contributed by atoms with Gasteiger partial charge in [-0.1, -0.05) is 43.2 Å². The summed E-state index contributed by atoms with van der Waals surface area (Å²) in [6.45, 7) is 2.14. The molecule has 0 spiro atoms. The van der Waals surface area contributed by atoms with Gasteiger partial charge >= 0.3 is 0 Å². The van der Waals surface area contributed by atoms with Crippen LogP contribution in [0.25, 0.3) is 11.4 Å². The van der Waals surface area contributed by atoms with Crippen LogP contribution in [0.2, 0.25) is 0 Å². The summed E-state index contributed by atoms with van der Waals surface area (Å²) in [7, 11) is 0. The first-order valence-electron chi connectivity index (χ1n) is 7.73. The van der Waals surface area contributed by atoms with Gasteiger partial charge in [0.25, 0.3) is 0 Å².